The zero-order valence-corrected chi connectivity index (χ0v) is 13.1. The van der Waals surface area contributed by atoms with Crippen LogP contribution in [0.5, 0.6) is 0 Å². The molecule has 3 nitrogen and oxygen atoms in total. The molecule has 0 bridgehead atoms. The van der Waals surface area contributed by atoms with Crippen molar-refractivity contribution in [2.45, 2.75) is 6.92 Å². The number of amides is 1. The molecule has 114 valence electrons. The second-order valence-electron chi connectivity index (χ2n) is 5.53. The molecule has 0 heterocycles. The van der Waals surface area contributed by atoms with E-state index in [-0.39, 0.29) is 11.7 Å². The largest absolute Gasteiger partial charge is 0.311 e. The van der Waals surface area contributed by atoms with Gasteiger partial charge in [0.25, 0.3) is 5.91 Å². The maximum Gasteiger partial charge on any atom is 0.258 e. The van der Waals surface area contributed by atoms with E-state index in [9.17, 15) is 9.59 Å². The van der Waals surface area contributed by atoms with Crippen LogP contribution >= 0.6 is 0 Å². The van der Waals surface area contributed by atoms with Crippen molar-refractivity contribution < 1.29 is 9.59 Å². The van der Waals surface area contributed by atoms with Gasteiger partial charge in [0.05, 0.1) is 0 Å². The van der Waals surface area contributed by atoms with E-state index in [1.165, 1.54) is 6.92 Å². The number of Topliss-reactive ketones (excluding diaryl/α,β-unsaturated/α-hetero) is 1. The number of hydrogen-bond acceptors (Lipinski definition) is 2. The van der Waals surface area contributed by atoms with Gasteiger partial charge in [-0.15, -0.1) is 0 Å². The van der Waals surface area contributed by atoms with Crippen molar-refractivity contribution in [2.24, 2.45) is 0 Å². The summed E-state index contributed by atoms with van der Waals surface area (Å²) in [4.78, 5) is 25.5. The molecule has 0 spiro atoms. The molecule has 3 heteroatoms. The van der Waals surface area contributed by atoms with Crippen molar-refractivity contribution >= 4 is 28.2 Å². The molecule has 1 amide bonds. The molecule has 0 N–H and O–H groups in total. The van der Waals surface area contributed by atoms with Gasteiger partial charge in [0.1, 0.15) is 0 Å². The predicted octanol–water partition coefficient (Wildman–Crippen LogP) is 4.32. The maximum absolute atomic E-state index is 12.6. The Labute approximate surface area is 135 Å². The van der Waals surface area contributed by atoms with Gasteiger partial charge in [-0.3, -0.25) is 9.59 Å². The van der Waals surface area contributed by atoms with Crippen LogP contribution in [0.15, 0.2) is 66.7 Å². The van der Waals surface area contributed by atoms with Crippen molar-refractivity contribution in [3.05, 3.63) is 77.9 Å². The molecule has 0 aromatic heterocycles. The molecule has 0 saturated heterocycles. The average molecular weight is 303 g/mol. The van der Waals surface area contributed by atoms with Gasteiger partial charge in [-0.1, -0.05) is 42.5 Å². The monoisotopic (exact) mass is 303 g/mol. The fraction of sp³-hybridized carbons (Fsp3) is 0.100. The normalized spacial score (nSPS) is 10.5. The molecule has 3 rings (SSSR count). The Morgan fingerprint density at radius 2 is 1.39 bits per heavy atom. The predicted molar refractivity (Wildman–Crippen MR) is 93.1 cm³/mol. The van der Waals surface area contributed by atoms with E-state index < -0.39 is 0 Å². The molecular weight excluding hydrogens is 286 g/mol. The van der Waals surface area contributed by atoms with Gasteiger partial charge in [-0.2, -0.15) is 0 Å². The van der Waals surface area contributed by atoms with Crippen molar-refractivity contribution in [1.29, 1.82) is 0 Å². The molecule has 23 heavy (non-hydrogen) atoms. The highest BCUT2D eigenvalue weighted by molar-refractivity contribution is 6.07. The van der Waals surface area contributed by atoms with E-state index in [4.69, 9.17) is 0 Å². The molecule has 0 aliphatic carbocycles. The topological polar surface area (TPSA) is 37.4 Å². The zero-order chi connectivity index (χ0) is 16.4. The third-order valence-electron chi connectivity index (χ3n) is 3.96. The minimum absolute atomic E-state index is 0.00752. The van der Waals surface area contributed by atoms with Crippen LogP contribution < -0.4 is 4.90 Å². The van der Waals surface area contributed by atoms with Crippen molar-refractivity contribution in [3.8, 4) is 0 Å². The Hall–Kier alpha value is -2.94. The first-order valence-corrected chi connectivity index (χ1v) is 7.44. The molecule has 0 atom stereocenters. The third-order valence-corrected chi connectivity index (χ3v) is 3.96. The number of ketones is 1. The van der Waals surface area contributed by atoms with Gasteiger partial charge in [-0.05, 0) is 42.0 Å². The average Bonchev–Trinajstić information content (AvgIpc) is 2.60. The van der Waals surface area contributed by atoms with Crippen LogP contribution in [0.1, 0.15) is 27.6 Å². The van der Waals surface area contributed by atoms with Crippen LogP contribution in [0.2, 0.25) is 0 Å². The summed E-state index contributed by atoms with van der Waals surface area (Å²) < 4.78 is 0. The van der Waals surface area contributed by atoms with Crippen molar-refractivity contribution in [3.63, 3.8) is 0 Å². The highest BCUT2D eigenvalue weighted by Crippen LogP contribution is 2.22. The third kappa shape index (κ3) is 2.99. The summed E-state index contributed by atoms with van der Waals surface area (Å²) in [5.74, 6) is -0.109. The van der Waals surface area contributed by atoms with Gasteiger partial charge in [0, 0.05) is 23.9 Å². The summed E-state index contributed by atoms with van der Waals surface area (Å²) in [5.41, 5.74) is 2.00. The molecule has 0 fully saturated rings. The molecule has 0 aliphatic heterocycles. The Bertz CT molecular complexity index is 882. The molecule has 3 aromatic rings. The van der Waals surface area contributed by atoms with E-state index in [0.717, 1.165) is 16.5 Å². The van der Waals surface area contributed by atoms with Crippen LogP contribution in [0, 0.1) is 0 Å². The summed E-state index contributed by atoms with van der Waals surface area (Å²) >= 11 is 0. The lowest BCUT2D eigenvalue weighted by molar-refractivity contribution is 0.0988. The maximum atomic E-state index is 12.6. The second kappa shape index (κ2) is 6.05. The van der Waals surface area contributed by atoms with E-state index >= 15 is 0 Å². The second-order valence-corrected chi connectivity index (χ2v) is 5.53. The van der Waals surface area contributed by atoms with Gasteiger partial charge >= 0.3 is 0 Å². The van der Waals surface area contributed by atoms with Crippen molar-refractivity contribution in [2.75, 3.05) is 11.9 Å². The smallest absolute Gasteiger partial charge is 0.258 e. The van der Waals surface area contributed by atoms with E-state index in [1.807, 2.05) is 42.5 Å². The van der Waals surface area contributed by atoms with Gasteiger partial charge < -0.3 is 4.90 Å². The van der Waals surface area contributed by atoms with E-state index in [0.29, 0.717) is 11.1 Å². The Morgan fingerprint density at radius 1 is 0.783 bits per heavy atom. The van der Waals surface area contributed by atoms with Crippen LogP contribution in [0.3, 0.4) is 0 Å². The number of nitrogens with zero attached hydrogens (tertiary/aromatic N) is 1. The SMILES string of the molecule is CC(=O)c1ccc(C(=O)N(C)c2ccc3ccccc3c2)cc1. The number of benzene rings is 3. The van der Waals surface area contributed by atoms with E-state index in [2.05, 4.69) is 0 Å². The standard InChI is InChI=1S/C20H17NO2/c1-14(22)15-7-9-17(10-8-15)20(23)21(2)19-12-11-16-5-3-4-6-18(16)13-19/h3-13H,1-2H3. The summed E-state index contributed by atoms with van der Waals surface area (Å²) in [7, 11) is 1.76. The minimum Gasteiger partial charge on any atom is -0.311 e. The summed E-state index contributed by atoms with van der Waals surface area (Å²) in [6.45, 7) is 1.51. The number of carbonyl (C=O) groups excluding carboxylic acids is 2. The van der Waals surface area contributed by atoms with Crippen molar-refractivity contribution in [1.82, 2.24) is 0 Å². The van der Waals surface area contributed by atoms with Crippen LogP contribution in [0.25, 0.3) is 10.8 Å². The molecule has 0 saturated carbocycles. The quantitative estimate of drug-likeness (QED) is 0.676. The summed E-state index contributed by atoms with van der Waals surface area (Å²) in [5, 5.41) is 2.24. The first-order valence-electron chi connectivity index (χ1n) is 7.44. The van der Waals surface area contributed by atoms with Crippen LogP contribution in [-0.4, -0.2) is 18.7 Å². The van der Waals surface area contributed by atoms with Gasteiger partial charge in [0.2, 0.25) is 0 Å². The first kappa shape index (κ1) is 15.0. The number of hydrogen-bond donors (Lipinski definition) is 0. The molecule has 0 unspecified atom stereocenters. The fourth-order valence-corrected chi connectivity index (χ4v) is 2.54. The molecule has 0 radical (unpaired) electrons. The lowest BCUT2D eigenvalue weighted by Crippen LogP contribution is -2.26. The summed E-state index contributed by atoms with van der Waals surface area (Å²) in [6.07, 6.45) is 0. The highest BCUT2D eigenvalue weighted by atomic mass is 16.2. The Kier molecular flexibility index (Phi) is 3.94. The Morgan fingerprint density at radius 3 is 2.04 bits per heavy atom. The van der Waals surface area contributed by atoms with Crippen LogP contribution in [-0.2, 0) is 0 Å². The zero-order valence-electron chi connectivity index (χ0n) is 13.1. The minimum atomic E-state index is -0.101. The van der Waals surface area contributed by atoms with Gasteiger partial charge in [-0.25, -0.2) is 0 Å². The molecule has 3 aromatic carbocycles. The van der Waals surface area contributed by atoms with Crippen LogP contribution in [0.4, 0.5) is 5.69 Å². The highest BCUT2D eigenvalue weighted by Gasteiger charge is 2.14. The fourth-order valence-electron chi connectivity index (χ4n) is 2.54. The Balaban J connectivity index is 1.89. The first-order chi connectivity index (χ1) is 11.1. The number of fused-ring (bicyclic) bond motifs is 1. The van der Waals surface area contributed by atoms with Gasteiger partial charge in [0.15, 0.2) is 5.78 Å². The molecular formula is C20H17NO2. The summed E-state index contributed by atoms with van der Waals surface area (Å²) in [6, 6.07) is 20.7. The lowest BCUT2D eigenvalue weighted by atomic mass is 10.1. The molecule has 0 aliphatic rings. The number of anilines is 1. The van der Waals surface area contributed by atoms with E-state index in [1.54, 1.807) is 36.2 Å². The lowest BCUT2D eigenvalue weighted by Gasteiger charge is -2.18. The number of rotatable bonds is 3. The number of carbonyl (C=O) groups is 2.